The molecule has 0 amide bonds. The summed E-state index contributed by atoms with van der Waals surface area (Å²) in [6.45, 7) is 6.72. The van der Waals surface area contributed by atoms with Gasteiger partial charge in [0.05, 0.1) is 0 Å². The summed E-state index contributed by atoms with van der Waals surface area (Å²) in [7, 11) is 0. The molecule has 0 saturated carbocycles. The maximum absolute atomic E-state index is 11.1. The molecule has 0 heterocycles. The molecule has 86 valence electrons. The predicted molar refractivity (Wildman–Crippen MR) is 66.4 cm³/mol. The van der Waals surface area contributed by atoms with Crippen molar-refractivity contribution in [3.8, 4) is 0 Å². The third kappa shape index (κ3) is 4.69. The van der Waals surface area contributed by atoms with Crippen LogP contribution in [0, 0.1) is 10.8 Å². The molecular weight excluding hydrogens is 246 g/mol. The standard InChI is InChI=1S/C10H18O4.K.Na.2H/c1-5-6-10(7(11)12,8(13)14)9(2,3)4;;;;/h5-6H2,1-4H3,(H,11,12)(H,13,14);;;;. The first-order chi connectivity index (χ1) is 6.20. The molecule has 0 unspecified atom stereocenters. The Labute approximate surface area is 161 Å². The molecule has 0 spiro atoms. The fourth-order valence-corrected chi connectivity index (χ4v) is 1.70. The van der Waals surface area contributed by atoms with Crippen molar-refractivity contribution in [1.29, 1.82) is 0 Å². The molecule has 4 nitrogen and oxygen atoms in total. The van der Waals surface area contributed by atoms with Crippen LogP contribution in [-0.2, 0) is 9.59 Å². The summed E-state index contributed by atoms with van der Waals surface area (Å²) in [5.74, 6) is -2.50. The van der Waals surface area contributed by atoms with Crippen LogP contribution in [-0.4, -0.2) is 103 Å². The number of hydrogen-bond donors (Lipinski definition) is 2. The van der Waals surface area contributed by atoms with Gasteiger partial charge in [0, 0.05) is 0 Å². The Morgan fingerprint density at radius 3 is 1.44 bits per heavy atom. The van der Waals surface area contributed by atoms with Crippen molar-refractivity contribution in [3.05, 3.63) is 0 Å². The minimum absolute atomic E-state index is 0. The predicted octanol–water partition coefficient (Wildman–Crippen LogP) is 0.691. The summed E-state index contributed by atoms with van der Waals surface area (Å²) < 4.78 is 0. The molecule has 0 aromatic rings. The van der Waals surface area contributed by atoms with Crippen molar-refractivity contribution in [1.82, 2.24) is 0 Å². The van der Waals surface area contributed by atoms with Crippen LogP contribution in [0.15, 0.2) is 0 Å². The first-order valence-corrected chi connectivity index (χ1v) is 4.67. The first kappa shape index (κ1) is 22.7. The molecule has 16 heavy (non-hydrogen) atoms. The van der Waals surface area contributed by atoms with E-state index in [1.54, 1.807) is 27.7 Å². The quantitative estimate of drug-likeness (QED) is 0.580. The third-order valence-electron chi connectivity index (χ3n) is 2.64. The van der Waals surface area contributed by atoms with E-state index in [4.69, 9.17) is 10.2 Å². The molecule has 0 bridgehead atoms. The van der Waals surface area contributed by atoms with E-state index in [0.717, 1.165) is 0 Å². The van der Waals surface area contributed by atoms with Gasteiger partial charge in [-0.25, -0.2) is 0 Å². The second kappa shape index (κ2) is 8.64. The summed E-state index contributed by atoms with van der Waals surface area (Å²) >= 11 is 0. The van der Waals surface area contributed by atoms with Crippen LogP contribution in [0.2, 0.25) is 0 Å². The molecule has 2 N–H and O–H groups in total. The zero-order valence-corrected chi connectivity index (χ0v) is 9.13. The van der Waals surface area contributed by atoms with Crippen LogP contribution in [0.3, 0.4) is 0 Å². The van der Waals surface area contributed by atoms with E-state index < -0.39 is 22.8 Å². The molecule has 0 fully saturated rings. The molecule has 0 saturated heterocycles. The average Bonchev–Trinajstić information content (AvgIpc) is 1.95. The third-order valence-corrected chi connectivity index (χ3v) is 2.64. The molecule has 0 aromatic carbocycles. The van der Waals surface area contributed by atoms with E-state index in [-0.39, 0.29) is 87.4 Å². The Balaban J connectivity index is -0.000000845. The van der Waals surface area contributed by atoms with Crippen LogP contribution in [0.5, 0.6) is 0 Å². The average molecular weight is 266 g/mol. The van der Waals surface area contributed by atoms with Crippen LogP contribution in [0.25, 0.3) is 0 Å². The van der Waals surface area contributed by atoms with Gasteiger partial charge in [0.15, 0.2) is 5.41 Å². The van der Waals surface area contributed by atoms with Gasteiger partial charge in [-0.2, -0.15) is 0 Å². The molecule has 0 aliphatic heterocycles. The van der Waals surface area contributed by atoms with Gasteiger partial charge in [0.25, 0.3) is 0 Å². The van der Waals surface area contributed by atoms with E-state index in [2.05, 4.69) is 0 Å². The van der Waals surface area contributed by atoms with Crippen molar-refractivity contribution in [2.75, 3.05) is 0 Å². The number of carbonyl (C=O) groups is 2. The number of rotatable bonds is 4. The summed E-state index contributed by atoms with van der Waals surface area (Å²) in [5.41, 5.74) is -2.47. The molecule has 0 rings (SSSR count). The Morgan fingerprint density at radius 2 is 1.38 bits per heavy atom. The van der Waals surface area contributed by atoms with Gasteiger partial charge in [-0.1, -0.05) is 34.1 Å². The maximum atomic E-state index is 11.1. The van der Waals surface area contributed by atoms with E-state index in [1.165, 1.54) is 0 Å². The van der Waals surface area contributed by atoms with Gasteiger partial charge >= 0.3 is 92.9 Å². The van der Waals surface area contributed by atoms with Crippen molar-refractivity contribution in [3.63, 3.8) is 0 Å². The van der Waals surface area contributed by atoms with Crippen molar-refractivity contribution < 1.29 is 19.8 Å². The summed E-state index contributed by atoms with van der Waals surface area (Å²) in [6.07, 6.45) is 0.692. The number of aliphatic carboxylic acids is 2. The fraction of sp³-hybridized carbons (Fsp3) is 0.800. The second-order valence-electron chi connectivity index (χ2n) is 4.52. The van der Waals surface area contributed by atoms with Gasteiger partial charge < -0.3 is 10.2 Å². The molecule has 0 aliphatic carbocycles. The van der Waals surface area contributed by atoms with Crippen molar-refractivity contribution in [2.45, 2.75) is 40.5 Å². The van der Waals surface area contributed by atoms with Crippen molar-refractivity contribution >= 4 is 92.9 Å². The Kier molecular flexibility index (Phi) is 12.3. The van der Waals surface area contributed by atoms with Crippen LogP contribution < -0.4 is 0 Å². The Bertz CT molecular complexity index is 234. The SMILES string of the molecule is CCCC(C(=O)O)(C(=O)O)C(C)(C)C.[KH].[NaH]. The van der Waals surface area contributed by atoms with E-state index in [9.17, 15) is 9.59 Å². The van der Waals surface area contributed by atoms with Gasteiger partial charge in [0.1, 0.15) is 0 Å². The van der Waals surface area contributed by atoms with Crippen LogP contribution >= 0.6 is 0 Å². The van der Waals surface area contributed by atoms with E-state index in [1.807, 2.05) is 0 Å². The molecule has 0 atom stereocenters. The molecule has 6 heteroatoms. The molecule has 0 radical (unpaired) electrons. The Morgan fingerprint density at radius 1 is 1.06 bits per heavy atom. The van der Waals surface area contributed by atoms with E-state index >= 15 is 0 Å². The summed E-state index contributed by atoms with van der Waals surface area (Å²) in [4.78, 5) is 22.2. The van der Waals surface area contributed by atoms with Crippen LogP contribution in [0.1, 0.15) is 40.5 Å². The zero-order chi connectivity index (χ0) is 11.6. The topological polar surface area (TPSA) is 74.6 Å². The van der Waals surface area contributed by atoms with Gasteiger partial charge in [-0.15, -0.1) is 0 Å². The number of carboxylic acid groups (broad SMARTS) is 2. The first-order valence-electron chi connectivity index (χ1n) is 4.67. The molecule has 0 aromatic heterocycles. The normalized spacial score (nSPS) is 11.0. The minimum atomic E-state index is -1.68. The van der Waals surface area contributed by atoms with Gasteiger partial charge in [-0.05, 0) is 11.8 Å². The molecule has 0 aliphatic rings. The monoisotopic (exact) mass is 266 g/mol. The molecular formula is C10H20KNaO4. The number of hydrogen-bond acceptors (Lipinski definition) is 2. The summed E-state index contributed by atoms with van der Waals surface area (Å²) in [5, 5.41) is 18.2. The van der Waals surface area contributed by atoms with Gasteiger partial charge in [0.2, 0.25) is 0 Å². The van der Waals surface area contributed by atoms with E-state index in [0.29, 0.717) is 6.42 Å². The van der Waals surface area contributed by atoms with Crippen molar-refractivity contribution in [2.24, 2.45) is 10.8 Å². The van der Waals surface area contributed by atoms with Gasteiger partial charge in [-0.3, -0.25) is 9.59 Å². The summed E-state index contributed by atoms with van der Waals surface area (Å²) in [6, 6.07) is 0. The zero-order valence-electron chi connectivity index (χ0n) is 9.13. The fourth-order valence-electron chi connectivity index (χ4n) is 1.70. The Hall–Kier alpha value is 1.58. The number of carboxylic acids is 2. The van der Waals surface area contributed by atoms with Crippen LogP contribution in [0.4, 0.5) is 0 Å². The second-order valence-corrected chi connectivity index (χ2v) is 4.52.